The summed E-state index contributed by atoms with van der Waals surface area (Å²) in [6, 6.07) is 6.70. The van der Waals surface area contributed by atoms with Crippen molar-refractivity contribution >= 4 is 0 Å². The zero-order valence-corrected chi connectivity index (χ0v) is 9.08. The lowest BCUT2D eigenvalue weighted by Crippen LogP contribution is -2.11. The van der Waals surface area contributed by atoms with Crippen LogP contribution in [0.3, 0.4) is 0 Å². The molecule has 0 saturated carbocycles. The molecule has 1 aliphatic carbocycles. The Morgan fingerprint density at radius 3 is 2.87 bits per heavy atom. The molecule has 2 heteroatoms. The monoisotopic (exact) mass is 205 g/mol. The van der Waals surface area contributed by atoms with Gasteiger partial charge in [0.25, 0.3) is 0 Å². The largest absolute Gasteiger partial charge is 0.396 e. The maximum Gasteiger partial charge on any atom is 0.0431 e. The Hall–Kier alpha value is -0.860. The number of hydrogen-bond acceptors (Lipinski definition) is 2. The smallest absolute Gasteiger partial charge is 0.0431 e. The van der Waals surface area contributed by atoms with E-state index in [1.807, 2.05) is 0 Å². The molecule has 0 fully saturated rings. The lowest BCUT2D eigenvalue weighted by molar-refractivity contribution is 0.280. The van der Waals surface area contributed by atoms with Gasteiger partial charge in [-0.2, -0.15) is 0 Å². The van der Waals surface area contributed by atoms with Crippen LogP contribution in [0.15, 0.2) is 18.2 Å². The number of nitrogens with two attached hydrogens (primary N) is 1. The highest BCUT2D eigenvalue weighted by molar-refractivity contribution is 5.36. The van der Waals surface area contributed by atoms with Gasteiger partial charge in [-0.15, -0.1) is 0 Å². The molecule has 0 amide bonds. The molecule has 0 heterocycles. The van der Waals surface area contributed by atoms with Gasteiger partial charge in [-0.1, -0.05) is 18.2 Å². The molecule has 3 N–H and O–H groups in total. The van der Waals surface area contributed by atoms with Gasteiger partial charge in [-0.05, 0) is 48.8 Å². The third-order valence-corrected chi connectivity index (χ3v) is 3.22. The molecule has 0 aliphatic heterocycles. The number of fused-ring (bicyclic) bond motifs is 1. The molecule has 1 atom stereocenters. The summed E-state index contributed by atoms with van der Waals surface area (Å²) in [5.41, 5.74) is 10.3. The van der Waals surface area contributed by atoms with Crippen molar-refractivity contribution in [1.82, 2.24) is 0 Å². The van der Waals surface area contributed by atoms with Gasteiger partial charge in [0, 0.05) is 12.6 Å². The van der Waals surface area contributed by atoms with Crippen LogP contribution in [0.5, 0.6) is 0 Å². The fraction of sp³-hybridized carbons (Fsp3) is 0.538. The van der Waals surface area contributed by atoms with Crippen molar-refractivity contribution in [2.75, 3.05) is 6.61 Å². The Morgan fingerprint density at radius 2 is 2.07 bits per heavy atom. The molecule has 0 aromatic heterocycles. The second kappa shape index (κ2) is 4.77. The van der Waals surface area contributed by atoms with Crippen LogP contribution < -0.4 is 5.73 Å². The molecule has 82 valence electrons. The fourth-order valence-electron chi connectivity index (χ4n) is 2.30. The van der Waals surface area contributed by atoms with Crippen molar-refractivity contribution in [1.29, 1.82) is 0 Å². The molecule has 0 radical (unpaired) electrons. The number of benzene rings is 1. The minimum absolute atomic E-state index is 0.0862. The molecule has 2 nitrogen and oxygen atoms in total. The van der Waals surface area contributed by atoms with Gasteiger partial charge in [-0.3, -0.25) is 0 Å². The summed E-state index contributed by atoms with van der Waals surface area (Å²) in [4.78, 5) is 0. The van der Waals surface area contributed by atoms with Crippen molar-refractivity contribution in [3.63, 3.8) is 0 Å². The molecule has 15 heavy (non-hydrogen) atoms. The van der Waals surface area contributed by atoms with E-state index in [1.165, 1.54) is 36.0 Å². The second-order valence-corrected chi connectivity index (χ2v) is 4.35. The van der Waals surface area contributed by atoms with E-state index in [9.17, 15) is 0 Å². The molecule has 2 rings (SSSR count). The molecule has 1 unspecified atom stereocenters. The van der Waals surface area contributed by atoms with Crippen LogP contribution in [-0.4, -0.2) is 11.7 Å². The molecular formula is C13H19NO. The first-order valence-corrected chi connectivity index (χ1v) is 5.79. The lowest BCUT2D eigenvalue weighted by Gasteiger charge is -2.12. The second-order valence-electron chi connectivity index (χ2n) is 4.35. The topological polar surface area (TPSA) is 46.2 Å². The summed E-state index contributed by atoms with van der Waals surface area (Å²) in [7, 11) is 0. The summed E-state index contributed by atoms with van der Waals surface area (Å²) in [6.07, 6.45) is 5.37. The standard InChI is InChI=1S/C13H19NO/c14-13(5-2-8-15)12-7-6-10-3-1-4-11(10)9-12/h6-7,9,13,15H,1-5,8,14H2. The van der Waals surface area contributed by atoms with Gasteiger partial charge in [0.1, 0.15) is 0 Å². The summed E-state index contributed by atoms with van der Waals surface area (Å²) >= 11 is 0. The zero-order chi connectivity index (χ0) is 10.7. The van der Waals surface area contributed by atoms with Gasteiger partial charge in [0.15, 0.2) is 0 Å². The van der Waals surface area contributed by atoms with E-state index in [0.717, 1.165) is 12.8 Å². The summed E-state index contributed by atoms with van der Waals surface area (Å²) in [5, 5.41) is 8.76. The zero-order valence-electron chi connectivity index (χ0n) is 9.08. The number of aliphatic hydroxyl groups is 1. The Bertz CT molecular complexity index is 335. The number of hydrogen-bond donors (Lipinski definition) is 2. The third-order valence-electron chi connectivity index (χ3n) is 3.22. The molecule has 0 saturated heterocycles. The van der Waals surface area contributed by atoms with Crippen molar-refractivity contribution in [3.05, 3.63) is 34.9 Å². The number of aryl methyl sites for hydroxylation is 2. The highest BCUT2D eigenvalue weighted by Crippen LogP contribution is 2.25. The van der Waals surface area contributed by atoms with Gasteiger partial charge < -0.3 is 10.8 Å². The first-order valence-electron chi connectivity index (χ1n) is 5.79. The normalized spacial score (nSPS) is 16.4. The summed E-state index contributed by atoms with van der Waals surface area (Å²) in [5.74, 6) is 0. The van der Waals surface area contributed by atoms with Gasteiger partial charge >= 0.3 is 0 Å². The predicted octanol–water partition coefficient (Wildman–Crippen LogP) is 1.95. The summed E-state index contributed by atoms with van der Waals surface area (Å²) in [6.45, 7) is 0.235. The fourth-order valence-corrected chi connectivity index (χ4v) is 2.30. The van der Waals surface area contributed by atoms with Crippen molar-refractivity contribution in [2.45, 2.75) is 38.1 Å². The van der Waals surface area contributed by atoms with Gasteiger partial charge in [-0.25, -0.2) is 0 Å². The predicted molar refractivity (Wildman–Crippen MR) is 61.7 cm³/mol. The van der Waals surface area contributed by atoms with Crippen molar-refractivity contribution in [3.8, 4) is 0 Å². The van der Waals surface area contributed by atoms with Crippen LogP contribution in [-0.2, 0) is 12.8 Å². The van der Waals surface area contributed by atoms with Crippen LogP contribution in [0.25, 0.3) is 0 Å². The van der Waals surface area contributed by atoms with Crippen LogP contribution in [0.4, 0.5) is 0 Å². The highest BCUT2D eigenvalue weighted by Gasteiger charge is 2.13. The molecule has 1 aliphatic rings. The molecule has 1 aromatic rings. The third kappa shape index (κ3) is 2.39. The quantitative estimate of drug-likeness (QED) is 0.789. The average molecular weight is 205 g/mol. The minimum Gasteiger partial charge on any atom is -0.396 e. The number of rotatable bonds is 4. The molecule has 0 bridgehead atoms. The molecule has 1 aromatic carbocycles. The van der Waals surface area contributed by atoms with Crippen LogP contribution in [0.2, 0.25) is 0 Å². The minimum atomic E-state index is 0.0862. The van der Waals surface area contributed by atoms with Crippen molar-refractivity contribution in [2.24, 2.45) is 5.73 Å². The van der Waals surface area contributed by atoms with E-state index in [1.54, 1.807) is 0 Å². The maximum atomic E-state index is 8.76. The van der Waals surface area contributed by atoms with E-state index in [0.29, 0.717) is 0 Å². The van der Waals surface area contributed by atoms with E-state index in [-0.39, 0.29) is 12.6 Å². The van der Waals surface area contributed by atoms with E-state index < -0.39 is 0 Å². The Morgan fingerprint density at radius 1 is 1.27 bits per heavy atom. The lowest BCUT2D eigenvalue weighted by atomic mass is 9.99. The van der Waals surface area contributed by atoms with E-state index in [2.05, 4.69) is 18.2 Å². The van der Waals surface area contributed by atoms with E-state index >= 15 is 0 Å². The first kappa shape index (κ1) is 10.7. The Labute approximate surface area is 91.1 Å². The first-order chi connectivity index (χ1) is 7.31. The average Bonchev–Trinajstić information content (AvgIpc) is 2.72. The van der Waals surface area contributed by atoms with Crippen LogP contribution in [0.1, 0.15) is 42.0 Å². The van der Waals surface area contributed by atoms with Crippen LogP contribution in [0, 0.1) is 0 Å². The van der Waals surface area contributed by atoms with Gasteiger partial charge in [0.2, 0.25) is 0 Å². The highest BCUT2D eigenvalue weighted by atomic mass is 16.2. The maximum absolute atomic E-state index is 8.76. The van der Waals surface area contributed by atoms with Crippen molar-refractivity contribution < 1.29 is 5.11 Å². The van der Waals surface area contributed by atoms with Gasteiger partial charge in [0.05, 0.1) is 0 Å². The molecular weight excluding hydrogens is 186 g/mol. The molecule has 0 spiro atoms. The van der Waals surface area contributed by atoms with E-state index in [4.69, 9.17) is 10.8 Å². The summed E-state index contributed by atoms with van der Waals surface area (Å²) < 4.78 is 0. The Balaban J connectivity index is 2.08. The Kier molecular flexibility index (Phi) is 3.39. The van der Waals surface area contributed by atoms with Crippen LogP contribution >= 0.6 is 0 Å². The SMILES string of the molecule is NC(CCCO)c1ccc2c(c1)CCC2. The number of aliphatic hydroxyl groups excluding tert-OH is 1.